The largest absolute Gasteiger partial charge is 0.366 e. The van der Waals surface area contributed by atoms with Crippen molar-refractivity contribution >= 4 is 29.1 Å². The minimum Gasteiger partial charge on any atom is -0.366 e. The summed E-state index contributed by atoms with van der Waals surface area (Å²) in [5, 5.41) is 1.03. The minimum absolute atomic E-state index is 0.407. The van der Waals surface area contributed by atoms with Gasteiger partial charge in [-0.1, -0.05) is 29.3 Å². The van der Waals surface area contributed by atoms with Gasteiger partial charge in [0.15, 0.2) is 0 Å². The first-order valence-corrected chi connectivity index (χ1v) is 5.27. The Hall–Kier alpha value is -1.45. The number of H-pyrrole nitrogens is 1. The van der Waals surface area contributed by atoms with E-state index in [-0.39, 0.29) is 0 Å². The Labute approximate surface area is 102 Å². The molecule has 0 atom stereocenters. The predicted molar refractivity (Wildman–Crippen MR) is 64.8 cm³/mol. The summed E-state index contributed by atoms with van der Waals surface area (Å²) in [7, 11) is 0. The van der Waals surface area contributed by atoms with E-state index in [1.807, 2.05) is 0 Å². The van der Waals surface area contributed by atoms with Crippen LogP contribution in [0.1, 0.15) is 10.4 Å². The third kappa shape index (κ3) is 1.92. The molecule has 0 radical (unpaired) electrons. The molecule has 0 saturated carbocycles. The third-order valence-electron chi connectivity index (χ3n) is 2.23. The molecular weight excluding hydrogens is 247 g/mol. The Morgan fingerprint density at radius 1 is 1.19 bits per heavy atom. The van der Waals surface area contributed by atoms with Gasteiger partial charge in [0.25, 0.3) is 5.91 Å². The summed E-state index contributed by atoms with van der Waals surface area (Å²) in [6.07, 6.45) is 3.22. The van der Waals surface area contributed by atoms with Gasteiger partial charge in [0.05, 0.1) is 5.56 Å². The predicted octanol–water partition coefficient (Wildman–Crippen LogP) is 3.09. The number of carbonyl (C=O) groups is 1. The summed E-state index contributed by atoms with van der Waals surface area (Å²) >= 11 is 11.8. The molecule has 3 nitrogen and oxygen atoms in total. The number of benzene rings is 1. The van der Waals surface area contributed by atoms with Crippen LogP contribution in [0.4, 0.5) is 0 Å². The van der Waals surface area contributed by atoms with Gasteiger partial charge in [-0.05, 0) is 12.1 Å². The highest BCUT2D eigenvalue weighted by Crippen LogP contribution is 2.32. The number of halogens is 2. The Bertz CT molecular complexity index is 549. The summed E-state index contributed by atoms with van der Waals surface area (Å²) in [5.74, 6) is -0.498. The second-order valence-corrected chi connectivity index (χ2v) is 4.11. The highest BCUT2D eigenvalue weighted by molar-refractivity contribution is 6.36. The smallest absolute Gasteiger partial charge is 0.250 e. The summed E-state index contributed by atoms with van der Waals surface area (Å²) in [5.41, 5.74) is 7.05. The summed E-state index contributed by atoms with van der Waals surface area (Å²) in [6, 6.07) is 5.08. The van der Waals surface area contributed by atoms with E-state index >= 15 is 0 Å². The van der Waals surface area contributed by atoms with Gasteiger partial charge in [-0.25, -0.2) is 0 Å². The molecule has 82 valence electrons. The fraction of sp³-hybridized carbons (Fsp3) is 0. The van der Waals surface area contributed by atoms with Crippen molar-refractivity contribution in [2.75, 3.05) is 0 Å². The average molecular weight is 255 g/mol. The van der Waals surface area contributed by atoms with Gasteiger partial charge in [0, 0.05) is 33.6 Å². The zero-order valence-electron chi connectivity index (χ0n) is 8.13. The summed E-state index contributed by atoms with van der Waals surface area (Å²) in [4.78, 5) is 14.0. The quantitative estimate of drug-likeness (QED) is 0.851. The van der Waals surface area contributed by atoms with Crippen LogP contribution in [0.3, 0.4) is 0 Å². The molecule has 0 fully saturated rings. The second kappa shape index (κ2) is 4.20. The highest BCUT2D eigenvalue weighted by atomic mass is 35.5. The van der Waals surface area contributed by atoms with E-state index in [4.69, 9.17) is 28.9 Å². The number of carbonyl (C=O) groups excluding carboxylic acids is 1. The fourth-order valence-corrected chi connectivity index (χ4v) is 2.01. The lowest BCUT2D eigenvalue weighted by atomic mass is 10.0. The molecule has 1 amide bonds. The van der Waals surface area contributed by atoms with E-state index < -0.39 is 5.91 Å². The van der Waals surface area contributed by atoms with Crippen molar-refractivity contribution < 1.29 is 4.79 Å². The van der Waals surface area contributed by atoms with Gasteiger partial charge < -0.3 is 10.7 Å². The number of nitrogens with one attached hydrogen (secondary N) is 1. The van der Waals surface area contributed by atoms with Gasteiger partial charge in [-0.2, -0.15) is 0 Å². The van der Waals surface area contributed by atoms with Crippen LogP contribution in [-0.4, -0.2) is 10.9 Å². The molecule has 0 aliphatic rings. The minimum atomic E-state index is -0.498. The number of aromatic nitrogens is 1. The Morgan fingerprint density at radius 3 is 2.56 bits per heavy atom. The molecule has 0 aliphatic heterocycles. The van der Waals surface area contributed by atoms with E-state index in [1.54, 1.807) is 30.6 Å². The lowest BCUT2D eigenvalue weighted by Gasteiger charge is -2.04. The van der Waals surface area contributed by atoms with Crippen LogP contribution in [0.15, 0.2) is 30.6 Å². The monoisotopic (exact) mass is 254 g/mol. The first kappa shape index (κ1) is 11.0. The lowest BCUT2D eigenvalue weighted by Crippen LogP contribution is -2.10. The van der Waals surface area contributed by atoms with Crippen molar-refractivity contribution in [3.63, 3.8) is 0 Å². The molecule has 0 unspecified atom stereocenters. The number of nitrogens with two attached hydrogens (primary N) is 1. The van der Waals surface area contributed by atoms with Gasteiger partial charge in [0.1, 0.15) is 0 Å². The van der Waals surface area contributed by atoms with E-state index in [2.05, 4.69) is 4.98 Å². The Balaban J connectivity index is 2.59. The molecule has 3 N–H and O–H groups in total. The van der Waals surface area contributed by atoms with Crippen LogP contribution in [0, 0.1) is 0 Å². The van der Waals surface area contributed by atoms with E-state index in [0.29, 0.717) is 21.2 Å². The third-order valence-corrected chi connectivity index (χ3v) is 2.78. The zero-order valence-corrected chi connectivity index (χ0v) is 9.64. The van der Waals surface area contributed by atoms with Crippen molar-refractivity contribution in [2.45, 2.75) is 0 Å². The van der Waals surface area contributed by atoms with E-state index in [9.17, 15) is 4.79 Å². The number of rotatable bonds is 2. The van der Waals surface area contributed by atoms with Gasteiger partial charge in [-0.3, -0.25) is 4.79 Å². The van der Waals surface area contributed by atoms with Gasteiger partial charge >= 0.3 is 0 Å². The SMILES string of the molecule is NC(=O)c1c[nH]cc1-c1ccc(Cl)cc1Cl. The maximum Gasteiger partial charge on any atom is 0.250 e. The Morgan fingerprint density at radius 2 is 1.94 bits per heavy atom. The van der Waals surface area contributed by atoms with E-state index in [0.717, 1.165) is 5.56 Å². The van der Waals surface area contributed by atoms with Crippen LogP contribution in [0.25, 0.3) is 11.1 Å². The average Bonchev–Trinajstić information content (AvgIpc) is 2.66. The van der Waals surface area contributed by atoms with Crippen molar-refractivity contribution in [2.24, 2.45) is 5.73 Å². The van der Waals surface area contributed by atoms with Crippen LogP contribution >= 0.6 is 23.2 Å². The number of amides is 1. The van der Waals surface area contributed by atoms with Gasteiger partial charge in [0.2, 0.25) is 0 Å². The molecule has 0 saturated heterocycles. The topological polar surface area (TPSA) is 58.9 Å². The van der Waals surface area contributed by atoms with Crippen LogP contribution < -0.4 is 5.73 Å². The highest BCUT2D eigenvalue weighted by Gasteiger charge is 2.13. The maximum absolute atomic E-state index is 11.2. The first-order valence-electron chi connectivity index (χ1n) is 4.51. The zero-order chi connectivity index (χ0) is 11.7. The fourth-order valence-electron chi connectivity index (χ4n) is 1.50. The van der Waals surface area contributed by atoms with Crippen LogP contribution in [0.5, 0.6) is 0 Å². The van der Waals surface area contributed by atoms with Crippen molar-refractivity contribution in [1.29, 1.82) is 0 Å². The lowest BCUT2D eigenvalue weighted by molar-refractivity contribution is 0.100. The summed E-state index contributed by atoms with van der Waals surface area (Å²) in [6.45, 7) is 0. The maximum atomic E-state index is 11.2. The van der Waals surface area contributed by atoms with Crippen LogP contribution in [-0.2, 0) is 0 Å². The molecule has 16 heavy (non-hydrogen) atoms. The number of primary amides is 1. The molecular formula is C11H8Cl2N2O. The molecule has 2 rings (SSSR count). The van der Waals surface area contributed by atoms with Crippen molar-refractivity contribution in [3.8, 4) is 11.1 Å². The van der Waals surface area contributed by atoms with Crippen molar-refractivity contribution in [1.82, 2.24) is 4.98 Å². The van der Waals surface area contributed by atoms with E-state index in [1.165, 1.54) is 0 Å². The summed E-state index contributed by atoms with van der Waals surface area (Å²) < 4.78 is 0. The Kier molecular flexibility index (Phi) is 2.90. The molecule has 0 aliphatic carbocycles. The molecule has 0 bridgehead atoms. The number of hydrogen-bond donors (Lipinski definition) is 2. The second-order valence-electron chi connectivity index (χ2n) is 3.27. The molecule has 1 aromatic carbocycles. The normalized spacial score (nSPS) is 10.4. The molecule has 1 aromatic heterocycles. The standard InChI is InChI=1S/C11H8Cl2N2O/c12-6-1-2-7(10(13)3-6)8-4-15-5-9(8)11(14)16/h1-5,15H,(H2,14,16). The molecule has 1 heterocycles. The number of hydrogen-bond acceptors (Lipinski definition) is 1. The van der Waals surface area contributed by atoms with Gasteiger partial charge in [-0.15, -0.1) is 0 Å². The number of aromatic amines is 1. The molecule has 5 heteroatoms. The first-order chi connectivity index (χ1) is 7.59. The van der Waals surface area contributed by atoms with Crippen molar-refractivity contribution in [3.05, 3.63) is 46.2 Å². The van der Waals surface area contributed by atoms with Crippen LogP contribution in [0.2, 0.25) is 10.0 Å². The molecule has 0 spiro atoms. The molecule has 2 aromatic rings.